The molecule has 152 valence electrons. The fourth-order valence-corrected chi connectivity index (χ4v) is 3.07. The van der Waals surface area contributed by atoms with E-state index in [1.54, 1.807) is 12.1 Å². The molecule has 7 heteroatoms. The number of anilines is 1. The maximum absolute atomic E-state index is 13.5. The van der Waals surface area contributed by atoms with E-state index in [1.165, 1.54) is 6.07 Å². The summed E-state index contributed by atoms with van der Waals surface area (Å²) in [6.07, 6.45) is 1.97. The predicted molar refractivity (Wildman–Crippen MR) is 122 cm³/mol. The monoisotopic (exact) mass is 499 g/mol. The van der Waals surface area contributed by atoms with Gasteiger partial charge < -0.3 is 20.5 Å². The number of aliphatic imine (C=N–C) groups is 1. The Labute approximate surface area is 182 Å². The number of guanidine groups is 1. The second-order valence-corrected chi connectivity index (χ2v) is 6.64. The molecule has 0 aliphatic heterocycles. The van der Waals surface area contributed by atoms with Crippen molar-refractivity contribution in [3.63, 3.8) is 0 Å². The lowest BCUT2D eigenvalue weighted by Crippen LogP contribution is -2.25. The second kappa shape index (κ2) is 9.95. The van der Waals surface area contributed by atoms with Gasteiger partial charge in [-0.25, -0.2) is 4.39 Å². The summed E-state index contributed by atoms with van der Waals surface area (Å²) < 4.78 is 24.7. The number of rotatable bonds is 8. The number of hydrogen-bond donors (Lipinski definition) is 2. The van der Waals surface area contributed by atoms with Crippen molar-refractivity contribution in [2.75, 3.05) is 25.1 Å². The van der Waals surface area contributed by atoms with E-state index in [1.807, 2.05) is 38.1 Å². The quantitative estimate of drug-likeness (QED) is 0.314. The second-order valence-electron chi connectivity index (χ2n) is 6.64. The van der Waals surface area contributed by atoms with Gasteiger partial charge in [-0.1, -0.05) is 12.1 Å². The molecule has 0 bridgehead atoms. The van der Waals surface area contributed by atoms with E-state index in [0.717, 1.165) is 24.2 Å². The van der Waals surface area contributed by atoms with Crippen molar-refractivity contribution in [1.82, 2.24) is 0 Å². The van der Waals surface area contributed by atoms with Gasteiger partial charge in [-0.3, -0.25) is 4.99 Å². The Kier molecular flexibility index (Phi) is 7.91. The number of nitrogens with two attached hydrogens (primary N) is 1. The summed E-state index contributed by atoms with van der Waals surface area (Å²) in [5.41, 5.74) is 7.69. The van der Waals surface area contributed by atoms with E-state index in [4.69, 9.17) is 15.2 Å². The Hall–Kier alpha value is -2.03. The normalized spacial score (nSPS) is 14.8. The molecule has 28 heavy (non-hydrogen) atoms. The van der Waals surface area contributed by atoms with Gasteiger partial charge in [0.05, 0.1) is 25.4 Å². The standard InChI is InChI=1S/C21H26FN3O2.HI/c1-3-26-17-8-9-19(27-4-2)18(13-17)25-20(23)24-14-21(10-11-21)15-6-5-7-16(22)12-15;/h5-9,12-13H,3-4,10-11,14H2,1-2H3,(H3,23,24,25);1H. The molecular formula is C21H27FIN3O2. The van der Waals surface area contributed by atoms with Crippen LogP contribution in [0.1, 0.15) is 32.3 Å². The smallest absolute Gasteiger partial charge is 0.193 e. The molecule has 2 aromatic carbocycles. The van der Waals surface area contributed by atoms with Crippen LogP contribution in [0, 0.1) is 5.82 Å². The van der Waals surface area contributed by atoms with Gasteiger partial charge in [-0.05, 0) is 56.5 Å². The molecule has 0 heterocycles. The molecule has 3 N–H and O–H groups in total. The molecule has 0 radical (unpaired) electrons. The summed E-state index contributed by atoms with van der Waals surface area (Å²) in [5, 5.41) is 3.11. The van der Waals surface area contributed by atoms with Gasteiger partial charge in [-0.2, -0.15) is 0 Å². The number of nitrogens with one attached hydrogen (secondary N) is 1. The minimum absolute atomic E-state index is 0. The lowest BCUT2D eigenvalue weighted by molar-refractivity contribution is 0.332. The zero-order valence-electron chi connectivity index (χ0n) is 16.2. The third kappa shape index (κ3) is 5.50. The van der Waals surface area contributed by atoms with Gasteiger partial charge in [0, 0.05) is 11.5 Å². The van der Waals surface area contributed by atoms with Gasteiger partial charge >= 0.3 is 0 Å². The van der Waals surface area contributed by atoms with E-state index < -0.39 is 0 Å². The van der Waals surface area contributed by atoms with Gasteiger partial charge in [-0.15, -0.1) is 24.0 Å². The third-order valence-electron chi connectivity index (χ3n) is 4.67. The molecule has 2 aromatic rings. The lowest BCUT2D eigenvalue weighted by Gasteiger charge is -2.16. The fourth-order valence-electron chi connectivity index (χ4n) is 3.07. The van der Waals surface area contributed by atoms with Crippen LogP contribution in [-0.2, 0) is 5.41 Å². The SMILES string of the molecule is CCOc1ccc(OCC)c(NC(N)=NCC2(c3cccc(F)c3)CC2)c1.I. The molecular weight excluding hydrogens is 472 g/mol. The summed E-state index contributed by atoms with van der Waals surface area (Å²) in [6.45, 7) is 5.49. The maximum Gasteiger partial charge on any atom is 0.193 e. The fraction of sp³-hybridized carbons (Fsp3) is 0.381. The molecule has 0 amide bonds. The topological polar surface area (TPSA) is 68.9 Å². The Morgan fingerprint density at radius 1 is 1.14 bits per heavy atom. The molecule has 0 saturated heterocycles. The van der Waals surface area contributed by atoms with Gasteiger partial charge in [0.25, 0.3) is 0 Å². The first kappa shape index (κ1) is 22.3. The van der Waals surface area contributed by atoms with Crippen LogP contribution in [0.3, 0.4) is 0 Å². The number of hydrogen-bond acceptors (Lipinski definition) is 3. The Morgan fingerprint density at radius 3 is 2.54 bits per heavy atom. The minimum Gasteiger partial charge on any atom is -0.494 e. The van der Waals surface area contributed by atoms with Crippen molar-refractivity contribution in [3.05, 3.63) is 53.8 Å². The van der Waals surface area contributed by atoms with Crippen molar-refractivity contribution < 1.29 is 13.9 Å². The van der Waals surface area contributed by atoms with E-state index in [2.05, 4.69) is 10.3 Å². The zero-order chi connectivity index (χ0) is 19.3. The van der Waals surface area contributed by atoms with Crippen molar-refractivity contribution in [3.8, 4) is 11.5 Å². The van der Waals surface area contributed by atoms with Crippen LogP contribution in [0.2, 0.25) is 0 Å². The Morgan fingerprint density at radius 2 is 1.89 bits per heavy atom. The molecule has 0 aromatic heterocycles. The molecule has 3 rings (SSSR count). The molecule has 1 aliphatic carbocycles. The number of benzene rings is 2. The minimum atomic E-state index is -0.219. The average molecular weight is 499 g/mol. The highest BCUT2D eigenvalue weighted by atomic mass is 127. The van der Waals surface area contributed by atoms with Crippen molar-refractivity contribution in [1.29, 1.82) is 0 Å². The Balaban J connectivity index is 0.00000280. The van der Waals surface area contributed by atoms with Crippen LogP contribution in [0.15, 0.2) is 47.5 Å². The van der Waals surface area contributed by atoms with E-state index in [9.17, 15) is 4.39 Å². The van der Waals surface area contributed by atoms with Crippen molar-refractivity contribution in [2.45, 2.75) is 32.1 Å². The molecule has 5 nitrogen and oxygen atoms in total. The summed E-state index contributed by atoms with van der Waals surface area (Å²) in [7, 11) is 0. The maximum atomic E-state index is 13.5. The van der Waals surface area contributed by atoms with Gasteiger partial charge in [0.2, 0.25) is 0 Å². The van der Waals surface area contributed by atoms with Crippen molar-refractivity contribution >= 4 is 35.6 Å². The average Bonchev–Trinajstić information content (AvgIpc) is 3.44. The first-order valence-corrected chi connectivity index (χ1v) is 9.29. The molecule has 0 unspecified atom stereocenters. The molecule has 1 saturated carbocycles. The molecule has 0 spiro atoms. The predicted octanol–water partition coefficient (Wildman–Crippen LogP) is 4.70. The van der Waals surface area contributed by atoms with Crippen molar-refractivity contribution in [2.24, 2.45) is 10.7 Å². The highest BCUT2D eigenvalue weighted by molar-refractivity contribution is 14.0. The van der Waals surface area contributed by atoms with Crippen LogP contribution in [0.4, 0.5) is 10.1 Å². The van der Waals surface area contributed by atoms with Crippen LogP contribution in [0.5, 0.6) is 11.5 Å². The van der Waals surface area contributed by atoms with Crippen LogP contribution in [-0.4, -0.2) is 25.7 Å². The van der Waals surface area contributed by atoms with E-state index in [0.29, 0.717) is 37.2 Å². The van der Waals surface area contributed by atoms with Crippen LogP contribution in [0.25, 0.3) is 0 Å². The molecule has 1 fully saturated rings. The van der Waals surface area contributed by atoms with E-state index >= 15 is 0 Å². The summed E-state index contributed by atoms with van der Waals surface area (Å²) >= 11 is 0. The third-order valence-corrected chi connectivity index (χ3v) is 4.67. The van der Waals surface area contributed by atoms with Gasteiger partial charge in [0.1, 0.15) is 17.3 Å². The first-order valence-electron chi connectivity index (χ1n) is 9.29. The molecule has 0 atom stereocenters. The highest BCUT2D eigenvalue weighted by Gasteiger charge is 2.44. The summed E-state index contributed by atoms with van der Waals surface area (Å²) in [6, 6.07) is 12.3. The van der Waals surface area contributed by atoms with Crippen LogP contribution >= 0.6 is 24.0 Å². The van der Waals surface area contributed by atoms with Gasteiger partial charge in [0.15, 0.2) is 5.96 Å². The first-order chi connectivity index (χ1) is 13.1. The highest BCUT2D eigenvalue weighted by Crippen LogP contribution is 2.48. The lowest BCUT2D eigenvalue weighted by atomic mass is 9.96. The number of ether oxygens (including phenoxy) is 2. The number of nitrogens with zero attached hydrogens (tertiary/aromatic N) is 1. The molecule has 1 aliphatic rings. The zero-order valence-corrected chi connectivity index (χ0v) is 18.5. The number of halogens is 2. The summed E-state index contributed by atoms with van der Waals surface area (Å²) in [5.74, 6) is 1.50. The van der Waals surface area contributed by atoms with E-state index in [-0.39, 0.29) is 35.2 Å². The Bertz CT molecular complexity index is 825. The summed E-state index contributed by atoms with van der Waals surface area (Å²) in [4.78, 5) is 4.50. The largest absolute Gasteiger partial charge is 0.494 e. The van der Waals surface area contributed by atoms with Crippen LogP contribution < -0.4 is 20.5 Å².